The highest BCUT2D eigenvalue weighted by Crippen LogP contribution is 2.28. The Morgan fingerprint density at radius 2 is 2.00 bits per heavy atom. The zero-order valence-electron chi connectivity index (χ0n) is 17.1. The quantitative estimate of drug-likeness (QED) is 0.361. The van der Waals surface area contributed by atoms with Crippen molar-refractivity contribution in [3.8, 4) is 5.75 Å². The molecule has 1 aromatic carbocycles. The summed E-state index contributed by atoms with van der Waals surface area (Å²) in [5.41, 5.74) is 7.20. The van der Waals surface area contributed by atoms with Gasteiger partial charge in [-0.2, -0.15) is 22.0 Å². The topological polar surface area (TPSA) is 96.8 Å². The Kier molecular flexibility index (Phi) is 7.59. The van der Waals surface area contributed by atoms with Crippen molar-refractivity contribution in [1.29, 1.82) is 5.41 Å². The lowest BCUT2D eigenvalue weighted by atomic mass is 10.1. The first kappa shape index (κ1) is 24.1. The van der Waals surface area contributed by atoms with E-state index < -0.39 is 18.9 Å². The van der Waals surface area contributed by atoms with Crippen LogP contribution in [-0.4, -0.2) is 55.6 Å². The molecule has 1 atom stereocenters. The number of anilines is 1. The van der Waals surface area contributed by atoms with E-state index in [-0.39, 0.29) is 31.3 Å². The summed E-state index contributed by atoms with van der Waals surface area (Å²) in [4.78, 5) is 9.80. The highest BCUT2D eigenvalue weighted by molar-refractivity contribution is 6.16. The molecule has 12 heteroatoms. The molecule has 0 aliphatic carbocycles. The Bertz CT molecular complexity index is 1020. The number of hydrogen-bond acceptors (Lipinski definition) is 6. The second kappa shape index (κ2) is 10.4. The predicted molar refractivity (Wildman–Crippen MR) is 113 cm³/mol. The lowest BCUT2D eigenvalue weighted by molar-refractivity contribution is -0.221. The summed E-state index contributed by atoms with van der Waals surface area (Å²) >= 11 is 0. The summed E-state index contributed by atoms with van der Waals surface area (Å²) in [6.45, 7) is -3.18. The lowest BCUT2D eigenvalue weighted by Gasteiger charge is -2.34. The number of aliphatic imine (C=N–C) groups is 1. The highest BCUT2D eigenvalue weighted by Gasteiger charge is 2.43. The maximum atomic E-state index is 13.0. The van der Waals surface area contributed by atoms with Crippen LogP contribution in [0.1, 0.15) is 5.56 Å². The van der Waals surface area contributed by atoms with Crippen LogP contribution in [0.25, 0.3) is 5.57 Å². The minimum Gasteiger partial charge on any atom is -0.435 e. The molecule has 3 N–H and O–H groups in total. The van der Waals surface area contributed by atoms with E-state index in [1.165, 1.54) is 53.6 Å². The van der Waals surface area contributed by atoms with Gasteiger partial charge in [-0.25, -0.2) is 9.98 Å². The number of alkyl halides is 5. The third-order valence-corrected chi connectivity index (χ3v) is 4.61. The van der Waals surface area contributed by atoms with Crippen LogP contribution in [0.2, 0.25) is 0 Å². The van der Waals surface area contributed by atoms with Gasteiger partial charge in [0.15, 0.2) is 6.10 Å². The van der Waals surface area contributed by atoms with Crippen LogP contribution in [-0.2, 0) is 4.74 Å². The monoisotopic (exact) mass is 469 g/mol. The summed E-state index contributed by atoms with van der Waals surface area (Å²) in [5.74, 6) is 0.293. The summed E-state index contributed by atoms with van der Waals surface area (Å²) < 4.78 is 72.6. The fraction of sp³-hybridized carbons (Fsp3) is 0.286. The van der Waals surface area contributed by atoms with Gasteiger partial charge in [0.25, 0.3) is 0 Å². The number of morpholine rings is 1. The number of amidine groups is 1. The molecule has 0 radical (unpaired) electrons. The molecule has 1 aromatic heterocycles. The number of benzene rings is 1. The maximum absolute atomic E-state index is 13.0. The van der Waals surface area contributed by atoms with Gasteiger partial charge in [-0.3, -0.25) is 0 Å². The number of pyridine rings is 1. The molecule has 2 aromatic rings. The standard InChI is InChI=1S/C21H20F5N5O2/c22-20(23)33-16-3-1-13(2-4-16)14(11-27)9-18(28)30-15-5-6-29-19(10-15)31-7-8-32-17(12-31)21(24,25)26/h1-6,9-11,17,20,27H,7-8,12H2,(H2,28,29,30)/b14-9+,27-11?. The van der Waals surface area contributed by atoms with Gasteiger partial charge in [-0.05, 0) is 29.8 Å². The molecule has 0 amide bonds. The van der Waals surface area contributed by atoms with Crippen LogP contribution >= 0.6 is 0 Å². The molecule has 1 unspecified atom stereocenters. The third kappa shape index (κ3) is 6.72. The van der Waals surface area contributed by atoms with Crippen molar-refractivity contribution in [3.05, 3.63) is 54.2 Å². The summed E-state index contributed by atoms with van der Waals surface area (Å²) in [6, 6.07) is 8.67. The maximum Gasteiger partial charge on any atom is 0.416 e. The molecule has 176 valence electrons. The summed E-state index contributed by atoms with van der Waals surface area (Å²) in [5, 5.41) is 7.60. The summed E-state index contributed by atoms with van der Waals surface area (Å²) in [6.07, 6.45) is -2.54. The zero-order valence-corrected chi connectivity index (χ0v) is 17.1. The molecule has 1 aliphatic rings. The van der Waals surface area contributed by atoms with Crippen LogP contribution in [0.5, 0.6) is 5.75 Å². The Hall–Kier alpha value is -3.54. The van der Waals surface area contributed by atoms with Crippen molar-refractivity contribution in [2.75, 3.05) is 24.6 Å². The first-order valence-corrected chi connectivity index (χ1v) is 9.66. The van der Waals surface area contributed by atoms with Gasteiger partial charge in [0.05, 0.1) is 18.8 Å². The fourth-order valence-electron chi connectivity index (χ4n) is 3.08. The van der Waals surface area contributed by atoms with Crippen molar-refractivity contribution in [2.24, 2.45) is 10.7 Å². The number of allylic oxidation sites excluding steroid dienone is 1. The molecule has 33 heavy (non-hydrogen) atoms. The van der Waals surface area contributed by atoms with Crippen LogP contribution in [0.15, 0.2) is 53.7 Å². The summed E-state index contributed by atoms with van der Waals surface area (Å²) in [7, 11) is 0. The van der Waals surface area contributed by atoms with E-state index >= 15 is 0 Å². The van der Waals surface area contributed by atoms with Crippen molar-refractivity contribution in [2.45, 2.75) is 18.9 Å². The number of hydrogen-bond donors (Lipinski definition) is 2. The Labute approximate surface area is 185 Å². The third-order valence-electron chi connectivity index (χ3n) is 4.61. The predicted octanol–water partition coefficient (Wildman–Crippen LogP) is 4.17. The van der Waals surface area contributed by atoms with Gasteiger partial charge in [0, 0.05) is 30.6 Å². The Balaban J connectivity index is 1.77. The molecule has 1 fully saturated rings. The van der Waals surface area contributed by atoms with Crippen LogP contribution in [0, 0.1) is 5.41 Å². The number of rotatable bonds is 7. The smallest absolute Gasteiger partial charge is 0.416 e. The van der Waals surface area contributed by atoms with E-state index in [0.29, 0.717) is 22.6 Å². The average Bonchev–Trinajstić information content (AvgIpc) is 2.77. The molecule has 3 rings (SSSR count). The van der Waals surface area contributed by atoms with E-state index in [0.717, 1.165) is 6.21 Å². The molecule has 0 bridgehead atoms. The Morgan fingerprint density at radius 3 is 2.64 bits per heavy atom. The second-order valence-electron chi connectivity index (χ2n) is 6.90. The van der Waals surface area contributed by atoms with Gasteiger partial charge in [0.1, 0.15) is 17.4 Å². The molecule has 2 heterocycles. The number of nitrogens with two attached hydrogens (primary N) is 1. The Morgan fingerprint density at radius 1 is 1.27 bits per heavy atom. The van der Waals surface area contributed by atoms with E-state index in [4.69, 9.17) is 15.9 Å². The number of halogens is 5. The molecule has 0 spiro atoms. The van der Waals surface area contributed by atoms with E-state index in [9.17, 15) is 22.0 Å². The van der Waals surface area contributed by atoms with E-state index in [2.05, 4.69) is 14.7 Å². The SMILES string of the molecule is N=C/C(=C\C(N)=Nc1ccnc(N2CCOC(C(F)(F)F)C2)c1)c1ccc(OC(F)F)cc1. The first-order chi connectivity index (χ1) is 15.7. The second-order valence-corrected chi connectivity index (χ2v) is 6.90. The number of nitrogens with zero attached hydrogens (tertiary/aromatic N) is 3. The molecule has 7 nitrogen and oxygen atoms in total. The fourth-order valence-corrected chi connectivity index (χ4v) is 3.08. The average molecular weight is 469 g/mol. The molecule has 1 aliphatic heterocycles. The minimum absolute atomic E-state index is 0.0219. The van der Waals surface area contributed by atoms with Gasteiger partial charge in [-0.15, -0.1) is 0 Å². The van der Waals surface area contributed by atoms with Gasteiger partial charge in [-0.1, -0.05) is 12.1 Å². The van der Waals surface area contributed by atoms with Crippen LogP contribution in [0.4, 0.5) is 33.5 Å². The number of nitrogens with one attached hydrogen (secondary N) is 1. The van der Waals surface area contributed by atoms with E-state index in [1.54, 1.807) is 0 Å². The zero-order chi connectivity index (χ0) is 24.0. The van der Waals surface area contributed by atoms with Crippen molar-refractivity contribution < 1.29 is 31.4 Å². The molecular formula is C21H20F5N5O2. The molecule has 1 saturated heterocycles. The van der Waals surface area contributed by atoms with Crippen LogP contribution in [0.3, 0.4) is 0 Å². The minimum atomic E-state index is -4.48. The van der Waals surface area contributed by atoms with Crippen molar-refractivity contribution >= 4 is 29.1 Å². The van der Waals surface area contributed by atoms with Crippen molar-refractivity contribution in [3.63, 3.8) is 0 Å². The first-order valence-electron chi connectivity index (χ1n) is 9.66. The van der Waals surface area contributed by atoms with Gasteiger partial charge >= 0.3 is 12.8 Å². The van der Waals surface area contributed by atoms with Gasteiger partial charge in [0.2, 0.25) is 0 Å². The molecular weight excluding hydrogens is 449 g/mol. The van der Waals surface area contributed by atoms with Gasteiger partial charge < -0.3 is 25.5 Å². The molecule has 0 saturated carbocycles. The van der Waals surface area contributed by atoms with Crippen molar-refractivity contribution in [1.82, 2.24) is 4.98 Å². The normalized spacial score (nSPS) is 17.9. The largest absolute Gasteiger partial charge is 0.435 e. The number of aromatic nitrogens is 1. The highest BCUT2D eigenvalue weighted by atomic mass is 19.4. The van der Waals surface area contributed by atoms with Crippen LogP contribution < -0.4 is 15.4 Å². The number of ether oxygens (including phenoxy) is 2. The lowest BCUT2D eigenvalue weighted by Crippen LogP contribution is -2.49. The van der Waals surface area contributed by atoms with E-state index in [1.807, 2.05) is 0 Å².